The predicted octanol–water partition coefficient (Wildman–Crippen LogP) is -0.103. The van der Waals surface area contributed by atoms with Gasteiger partial charge in [0.05, 0.1) is 18.9 Å². The van der Waals surface area contributed by atoms with Crippen LogP contribution in [0.3, 0.4) is 0 Å². The fourth-order valence-corrected chi connectivity index (χ4v) is 2.63. The zero-order valence-corrected chi connectivity index (χ0v) is 13.2. The Labute approximate surface area is 142 Å². The number of amides is 2. The summed E-state index contributed by atoms with van der Waals surface area (Å²) >= 11 is 0. The molecule has 0 unspecified atom stereocenters. The number of para-hydroxylation sites is 1. The molecule has 0 bridgehead atoms. The van der Waals surface area contributed by atoms with Gasteiger partial charge in [0.15, 0.2) is 11.7 Å². The van der Waals surface area contributed by atoms with Crippen LogP contribution in [0, 0.1) is 0 Å². The Bertz CT molecular complexity index is 817. The molecule has 1 aliphatic heterocycles. The normalized spacial score (nSPS) is 17.3. The van der Waals surface area contributed by atoms with Crippen molar-refractivity contribution in [2.75, 3.05) is 19.8 Å². The van der Waals surface area contributed by atoms with E-state index in [0.29, 0.717) is 5.69 Å². The van der Waals surface area contributed by atoms with Gasteiger partial charge < -0.3 is 20.5 Å². The van der Waals surface area contributed by atoms with Crippen LogP contribution in [0.25, 0.3) is 5.69 Å². The van der Waals surface area contributed by atoms with Gasteiger partial charge in [0.25, 0.3) is 11.8 Å². The molecule has 1 saturated heterocycles. The molecule has 2 heterocycles. The van der Waals surface area contributed by atoms with Gasteiger partial charge >= 0.3 is 5.97 Å². The number of carboxylic acid groups (broad SMARTS) is 1. The van der Waals surface area contributed by atoms with Crippen molar-refractivity contribution in [2.45, 2.75) is 6.04 Å². The summed E-state index contributed by atoms with van der Waals surface area (Å²) in [5.74, 6) is -2.49. The molecule has 1 aromatic heterocycles. The van der Waals surface area contributed by atoms with Crippen molar-refractivity contribution in [3.05, 3.63) is 47.8 Å². The molecular formula is C16H16N4O5. The number of hydrogen-bond donors (Lipinski definition) is 2. The molecule has 3 rings (SSSR count). The van der Waals surface area contributed by atoms with Gasteiger partial charge in [0.2, 0.25) is 0 Å². The van der Waals surface area contributed by atoms with Gasteiger partial charge in [-0.05, 0) is 12.1 Å². The smallest absolute Gasteiger partial charge is 0.328 e. The summed E-state index contributed by atoms with van der Waals surface area (Å²) < 4.78 is 6.39. The van der Waals surface area contributed by atoms with Gasteiger partial charge in [-0.15, -0.1) is 0 Å². The number of benzene rings is 1. The fourth-order valence-electron chi connectivity index (χ4n) is 2.63. The lowest BCUT2D eigenvalue weighted by Gasteiger charge is -2.32. The van der Waals surface area contributed by atoms with Crippen LogP contribution in [0.15, 0.2) is 36.4 Å². The van der Waals surface area contributed by atoms with E-state index in [1.807, 2.05) is 0 Å². The SMILES string of the molecule is NC(=O)c1cc(C(=O)N2CCOC[C@H]2C(=O)O)nn1-c1ccccc1. The summed E-state index contributed by atoms with van der Waals surface area (Å²) in [6.07, 6.45) is 0. The Hall–Kier alpha value is -3.20. The second kappa shape index (κ2) is 6.73. The van der Waals surface area contributed by atoms with Crippen molar-refractivity contribution in [3.63, 3.8) is 0 Å². The summed E-state index contributed by atoms with van der Waals surface area (Å²) in [5.41, 5.74) is 5.93. The van der Waals surface area contributed by atoms with Gasteiger partial charge in [0, 0.05) is 12.6 Å². The summed E-state index contributed by atoms with van der Waals surface area (Å²) in [7, 11) is 0. The maximum Gasteiger partial charge on any atom is 0.328 e. The largest absolute Gasteiger partial charge is 0.480 e. The summed E-state index contributed by atoms with van der Waals surface area (Å²) in [4.78, 5) is 36.9. The summed E-state index contributed by atoms with van der Waals surface area (Å²) in [6.45, 7) is 0.265. The third-order valence-corrected chi connectivity index (χ3v) is 3.86. The molecule has 1 aromatic carbocycles. The van der Waals surface area contributed by atoms with Crippen LogP contribution >= 0.6 is 0 Å². The van der Waals surface area contributed by atoms with Crippen molar-refractivity contribution < 1.29 is 24.2 Å². The summed E-state index contributed by atoms with van der Waals surface area (Å²) in [5, 5.41) is 13.4. The van der Waals surface area contributed by atoms with Crippen LogP contribution in [0.4, 0.5) is 0 Å². The van der Waals surface area contributed by atoms with Crippen molar-refractivity contribution in [1.82, 2.24) is 14.7 Å². The molecule has 0 aliphatic carbocycles. The van der Waals surface area contributed by atoms with Crippen molar-refractivity contribution in [3.8, 4) is 5.69 Å². The van der Waals surface area contributed by atoms with E-state index in [9.17, 15) is 19.5 Å². The number of aromatic nitrogens is 2. The highest BCUT2D eigenvalue weighted by molar-refractivity contribution is 5.99. The van der Waals surface area contributed by atoms with Gasteiger partial charge in [-0.1, -0.05) is 18.2 Å². The molecule has 25 heavy (non-hydrogen) atoms. The maximum absolute atomic E-state index is 12.7. The van der Waals surface area contributed by atoms with Gasteiger partial charge in [-0.25, -0.2) is 9.48 Å². The Morgan fingerprint density at radius 3 is 2.60 bits per heavy atom. The average molecular weight is 344 g/mol. The van der Waals surface area contributed by atoms with Crippen LogP contribution in [0.1, 0.15) is 21.0 Å². The molecule has 1 fully saturated rings. The Balaban J connectivity index is 1.98. The van der Waals surface area contributed by atoms with Gasteiger partial charge in [-0.3, -0.25) is 9.59 Å². The Kier molecular flexibility index (Phi) is 4.48. The minimum absolute atomic E-state index is 0.0367. The van der Waals surface area contributed by atoms with E-state index < -0.39 is 23.8 Å². The Morgan fingerprint density at radius 2 is 1.96 bits per heavy atom. The minimum atomic E-state index is -1.16. The molecule has 2 aromatic rings. The van der Waals surface area contributed by atoms with E-state index in [4.69, 9.17) is 10.5 Å². The van der Waals surface area contributed by atoms with E-state index in [1.165, 1.54) is 15.6 Å². The highest BCUT2D eigenvalue weighted by Crippen LogP contribution is 2.16. The van der Waals surface area contributed by atoms with Gasteiger partial charge in [0.1, 0.15) is 5.69 Å². The molecule has 3 N–H and O–H groups in total. The predicted molar refractivity (Wildman–Crippen MR) is 85.4 cm³/mol. The first-order valence-corrected chi connectivity index (χ1v) is 7.56. The highest BCUT2D eigenvalue weighted by Gasteiger charge is 2.34. The average Bonchev–Trinajstić information content (AvgIpc) is 3.07. The van der Waals surface area contributed by atoms with E-state index in [-0.39, 0.29) is 31.1 Å². The third-order valence-electron chi connectivity index (χ3n) is 3.86. The zero-order valence-electron chi connectivity index (χ0n) is 13.2. The number of aliphatic carboxylic acids is 1. The molecule has 2 amide bonds. The van der Waals surface area contributed by atoms with Crippen LogP contribution < -0.4 is 5.73 Å². The first-order chi connectivity index (χ1) is 12.0. The number of carbonyl (C=O) groups is 3. The molecule has 0 saturated carbocycles. The molecule has 0 radical (unpaired) electrons. The first-order valence-electron chi connectivity index (χ1n) is 7.56. The van der Waals surface area contributed by atoms with Crippen LogP contribution in [-0.2, 0) is 9.53 Å². The fraction of sp³-hybridized carbons (Fsp3) is 0.250. The zero-order chi connectivity index (χ0) is 18.0. The topological polar surface area (TPSA) is 128 Å². The molecule has 0 spiro atoms. The molecule has 9 nitrogen and oxygen atoms in total. The van der Waals surface area contributed by atoms with Crippen LogP contribution in [-0.4, -0.2) is 63.4 Å². The molecule has 1 aliphatic rings. The van der Waals surface area contributed by atoms with E-state index >= 15 is 0 Å². The van der Waals surface area contributed by atoms with Crippen molar-refractivity contribution in [2.24, 2.45) is 5.73 Å². The van der Waals surface area contributed by atoms with Crippen LogP contribution in [0.2, 0.25) is 0 Å². The number of nitrogens with zero attached hydrogens (tertiary/aromatic N) is 3. The first kappa shape index (κ1) is 16.7. The van der Waals surface area contributed by atoms with E-state index in [2.05, 4.69) is 5.10 Å². The highest BCUT2D eigenvalue weighted by atomic mass is 16.5. The molecule has 1 atom stereocenters. The van der Waals surface area contributed by atoms with Crippen molar-refractivity contribution >= 4 is 17.8 Å². The quantitative estimate of drug-likeness (QED) is 0.797. The van der Waals surface area contributed by atoms with E-state index in [0.717, 1.165) is 0 Å². The number of ether oxygens (including phenoxy) is 1. The number of nitrogens with two attached hydrogens (primary N) is 1. The molecule has 130 valence electrons. The second-order valence-corrected chi connectivity index (χ2v) is 5.45. The molecule has 9 heteroatoms. The standard InChI is InChI=1S/C16H16N4O5/c17-14(21)12-8-11(18-20(12)10-4-2-1-3-5-10)15(22)19-6-7-25-9-13(19)16(23)24/h1-5,8,13H,6-7,9H2,(H2,17,21)(H,23,24)/t13-/m0/s1. The van der Waals surface area contributed by atoms with Crippen LogP contribution in [0.5, 0.6) is 0 Å². The monoisotopic (exact) mass is 344 g/mol. The Morgan fingerprint density at radius 1 is 1.24 bits per heavy atom. The lowest BCUT2D eigenvalue weighted by atomic mass is 10.2. The third kappa shape index (κ3) is 3.22. The van der Waals surface area contributed by atoms with E-state index in [1.54, 1.807) is 30.3 Å². The summed E-state index contributed by atoms with van der Waals surface area (Å²) in [6, 6.07) is 8.91. The lowest BCUT2D eigenvalue weighted by molar-refractivity contribution is -0.147. The minimum Gasteiger partial charge on any atom is -0.480 e. The number of morpholine rings is 1. The second-order valence-electron chi connectivity index (χ2n) is 5.45. The number of hydrogen-bond acceptors (Lipinski definition) is 5. The van der Waals surface area contributed by atoms with Gasteiger partial charge in [-0.2, -0.15) is 5.10 Å². The molecular weight excluding hydrogens is 328 g/mol. The maximum atomic E-state index is 12.7. The number of rotatable bonds is 4. The number of primary amides is 1. The van der Waals surface area contributed by atoms with Crippen molar-refractivity contribution in [1.29, 1.82) is 0 Å². The number of carbonyl (C=O) groups excluding carboxylic acids is 2. The lowest BCUT2D eigenvalue weighted by Crippen LogP contribution is -2.52. The number of carboxylic acids is 1.